The third kappa shape index (κ3) is 6.32. The quantitative estimate of drug-likeness (QED) is 0.612. The van der Waals surface area contributed by atoms with Crippen LogP contribution < -0.4 is 14.8 Å². The first-order valence-electron chi connectivity index (χ1n) is 8.87. The Hall–Kier alpha value is -1.90. The highest BCUT2D eigenvalue weighted by Gasteiger charge is 2.14. The number of hydrogen-bond acceptors (Lipinski definition) is 4. The molecule has 0 aliphatic heterocycles. The summed E-state index contributed by atoms with van der Waals surface area (Å²) in [4.78, 5) is 12.4. The van der Waals surface area contributed by atoms with Gasteiger partial charge in [-0.05, 0) is 67.3 Å². The molecular formula is C20H25BrN2O4S. The lowest BCUT2D eigenvalue weighted by atomic mass is 10.1. The first kappa shape index (κ1) is 22.4. The predicted octanol–water partition coefficient (Wildman–Crippen LogP) is 4.02. The zero-order chi connectivity index (χ0) is 20.9. The topological polar surface area (TPSA) is 84.5 Å². The van der Waals surface area contributed by atoms with Crippen molar-refractivity contribution in [1.82, 2.24) is 4.72 Å². The van der Waals surface area contributed by atoms with E-state index in [9.17, 15) is 13.2 Å². The van der Waals surface area contributed by atoms with Crippen LogP contribution in [-0.4, -0.2) is 27.5 Å². The van der Waals surface area contributed by atoms with Gasteiger partial charge in [0.15, 0.2) is 6.61 Å². The smallest absolute Gasteiger partial charge is 0.262 e. The summed E-state index contributed by atoms with van der Waals surface area (Å²) in [6.45, 7) is 7.90. The molecule has 0 radical (unpaired) electrons. The molecule has 8 heteroatoms. The summed E-state index contributed by atoms with van der Waals surface area (Å²) in [6, 6.07) is 9.84. The van der Waals surface area contributed by atoms with Crippen molar-refractivity contribution >= 4 is 37.5 Å². The summed E-state index contributed by atoms with van der Waals surface area (Å²) >= 11 is 3.43. The molecule has 0 heterocycles. The van der Waals surface area contributed by atoms with Gasteiger partial charge in [0, 0.05) is 16.7 Å². The second-order valence-corrected chi connectivity index (χ2v) is 9.65. The van der Waals surface area contributed by atoms with Crippen LogP contribution in [0.15, 0.2) is 45.8 Å². The number of sulfonamides is 1. The number of benzene rings is 2. The molecule has 0 aliphatic carbocycles. The Morgan fingerprint density at radius 3 is 2.21 bits per heavy atom. The molecule has 2 rings (SSSR count). The van der Waals surface area contributed by atoms with E-state index in [1.165, 1.54) is 24.3 Å². The number of nitrogens with one attached hydrogen (secondary N) is 2. The van der Waals surface area contributed by atoms with E-state index < -0.39 is 10.0 Å². The van der Waals surface area contributed by atoms with Gasteiger partial charge in [0.25, 0.3) is 5.91 Å². The third-order valence-corrected chi connectivity index (χ3v) is 5.84. The molecule has 0 atom stereocenters. The molecule has 0 aliphatic rings. The Morgan fingerprint density at radius 2 is 1.68 bits per heavy atom. The minimum absolute atomic E-state index is 0.158. The molecule has 0 aromatic heterocycles. The van der Waals surface area contributed by atoms with Crippen LogP contribution in [0.1, 0.15) is 25.0 Å². The number of ether oxygens (including phenoxy) is 1. The fraction of sp³-hybridized carbons (Fsp3) is 0.350. The number of hydrogen-bond donors (Lipinski definition) is 2. The van der Waals surface area contributed by atoms with Crippen LogP contribution >= 0.6 is 15.9 Å². The van der Waals surface area contributed by atoms with E-state index in [2.05, 4.69) is 26.0 Å². The van der Waals surface area contributed by atoms with Gasteiger partial charge in [-0.1, -0.05) is 29.8 Å². The number of rotatable bonds is 8. The highest BCUT2D eigenvalue weighted by molar-refractivity contribution is 9.10. The van der Waals surface area contributed by atoms with Gasteiger partial charge in [0.05, 0.1) is 4.90 Å². The van der Waals surface area contributed by atoms with E-state index in [0.717, 1.165) is 21.3 Å². The molecule has 0 saturated heterocycles. The van der Waals surface area contributed by atoms with Crippen molar-refractivity contribution in [2.75, 3.05) is 18.5 Å². The van der Waals surface area contributed by atoms with E-state index in [-0.39, 0.29) is 23.3 Å². The lowest BCUT2D eigenvalue weighted by Crippen LogP contribution is -2.27. The Bertz CT molecular complexity index is 918. The van der Waals surface area contributed by atoms with Gasteiger partial charge in [0.2, 0.25) is 10.0 Å². The normalized spacial score (nSPS) is 11.5. The molecule has 0 bridgehead atoms. The molecule has 6 nitrogen and oxygen atoms in total. The average Bonchev–Trinajstić information content (AvgIpc) is 2.62. The summed E-state index contributed by atoms with van der Waals surface area (Å²) in [5.74, 6) is 0.347. The number of carbonyl (C=O) groups excluding carboxylic acids is 1. The molecule has 2 aromatic rings. The van der Waals surface area contributed by atoms with Crippen LogP contribution in [0.5, 0.6) is 5.75 Å². The minimum atomic E-state index is -3.55. The summed E-state index contributed by atoms with van der Waals surface area (Å²) < 4.78 is 33.3. The van der Waals surface area contributed by atoms with Gasteiger partial charge in [0.1, 0.15) is 5.75 Å². The monoisotopic (exact) mass is 468 g/mol. The van der Waals surface area contributed by atoms with Crippen molar-refractivity contribution in [3.8, 4) is 5.75 Å². The van der Waals surface area contributed by atoms with Crippen molar-refractivity contribution in [3.63, 3.8) is 0 Å². The number of amides is 1. The van der Waals surface area contributed by atoms with Crippen LogP contribution in [0.2, 0.25) is 0 Å². The Labute approximate surface area is 174 Å². The minimum Gasteiger partial charge on any atom is -0.484 e. The van der Waals surface area contributed by atoms with E-state index in [0.29, 0.717) is 12.3 Å². The molecule has 0 fully saturated rings. The van der Waals surface area contributed by atoms with Crippen LogP contribution in [-0.2, 0) is 14.8 Å². The van der Waals surface area contributed by atoms with Crippen molar-refractivity contribution in [2.45, 2.75) is 32.6 Å². The number of aryl methyl sites for hydroxylation is 2. The molecule has 1 amide bonds. The second-order valence-electron chi connectivity index (χ2n) is 6.97. The standard InChI is InChI=1S/C20H25BrN2O4S/c1-13(2)11-22-28(25,26)18-7-5-17(6-8-18)27-12-19(24)23-20-14(3)9-16(21)10-15(20)4/h5-10,13,22H,11-12H2,1-4H3,(H,23,24). The van der Waals surface area contributed by atoms with Crippen molar-refractivity contribution < 1.29 is 17.9 Å². The molecule has 2 aromatic carbocycles. The van der Waals surface area contributed by atoms with Crippen LogP contribution in [0.4, 0.5) is 5.69 Å². The molecule has 2 N–H and O–H groups in total. The van der Waals surface area contributed by atoms with Gasteiger partial charge in [-0.3, -0.25) is 4.79 Å². The first-order chi connectivity index (χ1) is 13.1. The van der Waals surface area contributed by atoms with Crippen molar-refractivity contribution in [2.24, 2.45) is 5.92 Å². The lowest BCUT2D eigenvalue weighted by Gasteiger charge is -2.13. The SMILES string of the molecule is Cc1cc(Br)cc(C)c1NC(=O)COc1ccc(S(=O)(=O)NCC(C)C)cc1. The molecule has 0 saturated carbocycles. The van der Waals surface area contributed by atoms with Gasteiger partial charge in [-0.25, -0.2) is 13.1 Å². The zero-order valence-corrected chi connectivity index (χ0v) is 18.8. The van der Waals surface area contributed by atoms with E-state index >= 15 is 0 Å². The largest absolute Gasteiger partial charge is 0.484 e. The van der Waals surface area contributed by atoms with E-state index in [1.807, 2.05) is 39.8 Å². The summed E-state index contributed by atoms with van der Waals surface area (Å²) in [6.07, 6.45) is 0. The van der Waals surface area contributed by atoms with E-state index in [4.69, 9.17) is 4.74 Å². The van der Waals surface area contributed by atoms with Gasteiger partial charge in [-0.2, -0.15) is 0 Å². The summed E-state index contributed by atoms with van der Waals surface area (Å²) in [5.41, 5.74) is 2.65. The van der Waals surface area contributed by atoms with Crippen LogP contribution in [0, 0.1) is 19.8 Å². The zero-order valence-electron chi connectivity index (χ0n) is 16.4. The van der Waals surface area contributed by atoms with Gasteiger partial charge >= 0.3 is 0 Å². The Balaban J connectivity index is 1.95. The van der Waals surface area contributed by atoms with E-state index in [1.54, 1.807) is 0 Å². The molecule has 0 unspecified atom stereocenters. The van der Waals surface area contributed by atoms with Crippen LogP contribution in [0.25, 0.3) is 0 Å². The summed E-state index contributed by atoms with van der Waals surface area (Å²) in [7, 11) is -3.55. The Morgan fingerprint density at radius 1 is 1.11 bits per heavy atom. The van der Waals surface area contributed by atoms with Crippen molar-refractivity contribution in [3.05, 3.63) is 52.0 Å². The summed E-state index contributed by atoms with van der Waals surface area (Å²) in [5, 5.41) is 2.85. The third-order valence-electron chi connectivity index (χ3n) is 3.95. The van der Waals surface area contributed by atoms with Gasteiger partial charge in [-0.15, -0.1) is 0 Å². The van der Waals surface area contributed by atoms with Crippen LogP contribution in [0.3, 0.4) is 0 Å². The highest BCUT2D eigenvalue weighted by atomic mass is 79.9. The maximum atomic E-state index is 12.2. The predicted molar refractivity (Wildman–Crippen MR) is 114 cm³/mol. The molecular weight excluding hydrogens is 444 g/mol. The second kappa shape index (κ2) is 9.54. The van der Waals surface area contributed by atoms with Gasteiger partial charge < -0.3 is 10.1 Å². The average molecular weight is 469 g/mol. The fourth-order valence-electron chi connectivity index (χ4n) is 2.51. The molecule has 28 heavy (non-hydrogen) atoms. The highest BCUT2D eigenvalue weighted by Crippen LogP contribution is 2.25. The maximum Gasteiger partial charge on any atom is 0.262 e. The molecule has 0 spiro atoms. The number of anilines is 1. The number of halogens is 1. The first-order valence-corrected chi connectivity index (χ1v) is 11.1. The fourth-order valence-corrected chi connectivity index (χ4v) is 4.41. The maximum absolute atomic E-state index is 12.2. The number of carbonyl (C=O) groups is 1. The van der Waals surface area contributed by atoms with Crippen molar-refractivity contribution in [1.29, 1.82) is 0 Å². The molecule has 152 valence electrons. The lowest BCUT2D eigenvalue weighted by molar-refractivity contribution is -0.118. The Kier molecular flexibility index (Phi) is 7.63.